The zero-order valence-corrected chi connectivity index (χ0v) is 20.2. The third kappa shape index (κ3) is 6.54. The van der Waals surface area contributed by atoms with Gasteiger partial charge in [-0.1, -0.05) is 23.7 Å². The zero-order valence-electron chi connectivity index (χ0n) is 19.4. The average Bonchev–Trinajstić information content (AvgIpc) is 3.11. The number of aliphatic carboxylic acids is 1. The van der Waals surface area contributed by atoms with Crippen molar-refractivity contribution in [3.8, 4) is 11.4 Å². The summed E-state index contributed by atoms with van der Waals surface area (Å²) in [5.74, 6) is -3.05. The molecular weight excluding hydrogens is 546 g/mol. The molecular formula is C23H19ClF6N4O4. The van der Waals surface area contributed by atoms with E-state index in [-0.39, 0.29) is 11.4 Å². The monoisotopic (exact) mass is 564 g/mol. The minimum atomic E-state index is -4.78. The molecule has 15 heteroatoms. The molecule has 204 valence electrons. The molecule has 0 aliphatic rings. The lowest BCUT2D eigenvalue weighted by Crippen LogP contribution is -2.51. The quantitative estimate of drug-likeness (QED) is 0.393. The molecule has 2 aromatic carbocycles. The molecule has 0 aliphatic carbocycles. The van der Waals surface area contributed by atoms with E-state index in [4.69, 9.17) is 11.6 Å². The van der Waals surface area contributed by atoms with Gasteiger partial charge in [-0.05, 0) is 48.9 Å². The highest BCUT2D eigenvalue weighted by Gasteiger charge is 2.39. The van der Waals surface area contributed by atoms with Crippen LogP contribution in [0.4, 0.5) is 26.3 Å². The van der Waals surface area contributed by atoms with Crippen LogP contribution in [-0.4, -0.2) is 37.5 Å². The molecule has 0 aliphatic heterocycles. The van der Waals surface area contributed by atoms with E-state index in [2.05, 4.69) is 10.4 Å². The number of aromatic nitrogens is 3. The maximum atomic E-state index is 13.1. The number of nitrogens with one attached hydrogen (secondary N) is 1. The van der Waals surface area contributed by atoms with E-state index in [1.54, 1.807) is 0 Å². The number of carboxylic acids is 1. The van der Waals surface area contributed by atoms with Crippen LogP contribution in [0.1, 0.15) is 24.5 Å². The fourth-order valence-electron chi connectivity index (χ4n) is 3.51. The van der Waals surface area contributed by atoms with Gasteiger partial charge in [0.1, 0.15) is 6.54 Å². The first kappa shape index (κ1) is 28.8. The number of hydrogen-bond acceptors (Lipinski definition) is 4. The van der Waals surface area contributed by atoms with E-state index in [9.17, 15) is 45.8 Å². The molecule has 1 amide bonds. The first-order valence-corrected chi connectivity index (χ1v) is 11.1. The Morgan fingerprint density at radius 3 is 2.18 bits per heavy atom. The summed E-state index contributed by atoms with van der Waals surface area (Å²) in [6.07, 6.45) is -10.8. The van der Waals surface area contributed by atoms with Crippen molar-refractivity contribution in [3.63, 3.8) is 0 Å². The topological polar surface area (TPSA) is 106 Å². The minimum Gasteiger partial charge on any atom is -0.479 e. The standard InChI is InChI=1S/C23H19ClF6N4O4/c1-21(19(36)37,14-3-2-4-15(11-14)23(28,29)30)31-17(35)12-34-20(38)33(10-9-22(25,26)27)18(32-34)13-5-7-16(24)8-6-13/h2-8,11H,9-10,12H2,1H3,(H,31,35)(H,36,37). The maximum absolute atomic E-state index is 13.1. The number of carboxylic acid groups (broad SMARTS) is 1. The summed E-state index contributed by atoms with van der Waals surface area (Å²) in [6.45, 7) is -0.800. The third-order valence-electron chi connectivity index (χ3n) is 5.52. The number of alkyl halides is 6. The van der Waals surface area contributed by atoms with Crippen molar-refractivity contribution in [2.45, 2.75) is 44.3 Å². The molecule has 0 radical (unpaired) electrons. The van der Waals surface area contributed by atoms with E-state index < -0.39 is 66.1 Å². The predicted molar refractivity (Wildman–Crippen MR) is 122 cm³/mol. The van der Waals surface area contributed by atoms with Gasteiger partial charge in [0.15, 0.2) is 11.4 Å². The normalized spacial score (nSPS) is 13.7. The summed E-state index contributed by atoms with van der Waals surface area (Å²) < 4.78 is 79.2. The molecule has 1 atom stereocenters. The van der Waals surface area contributed by atoms with E-state index >= 15 is 0 Å². The van der Waals surface area contributed by atoms with Crippen molar-refractivity contribution >= 4 is 23.5 Å². The summed E-state index contributed by atoms with van der Waals surface area (Å²) in [6, 6.07) is 8.94. The SMILES string of the molecule is CC(NC(=O)Cn1nc(-c2ccc(Cl)cc2)n(CCC(F)(F)F)c1=O)(C(=O)O)c1cccc(C(F)(F)F)c1. The fourth-order valence-corrected chi connectivity index (χ4v) is 3.63. The van der Waals surface area contributed by atoms with Crippen molar-refractivity contribution < 1.29 is 41.0 Å². The van der Waals surface area contributed by atoms with Crippen molar-refractivity contribution in [2.75, 3.05) is 0 Å². The number of hydrogen-bond donors (Lipinski definition) is 2. The van der Waals surface area contributed by atoms with Crippen LogP contribution >= 0.6 is 11.6 Å². The smallest absolute Gasteiger partial charge is 0.416 e. The Hall–Kier alpha value is -3.81. The third-order valence-corrected chi connectivity index (χ3v) is 5.77. The molecule has 8 nitrogen and oxygen atoms in total. The predicted octanol–water partition coefficient (Wildman–Crippen LogP) is 4.45. The molecule has 0 bridgehead atoms. The van der Waals surface area contributed by atoms with E-state index in [0.29, 0.717) is 20.3 Å². The molecule has 3 aromatic rings. The Balaban J connectivity index is 1.95. The second-order valence-corrected chi connectivity index (χ2v) is 8.78. The second kappa shape index (κ2) is 10.5. The van der Waals surface area contributed by atoms with Gasteiger partial charge in [0.25, 0.3) is 0 Å². The molecule has 38 heavy (non-hydrogen) atoms. The highest BCUT2D eigenvalue weighted by atomic mass is 35.5. The molecule has 1 unspecified atom stereocenters. The Morgan fingerprint density at radius 2 is 1.63 bits per heavy atom. The molecule has 3 rings (SSSR count). The van der Waals surface area contributed by atoms with Gasteiger partial charge in [-0.15, -0.1) is 5.10 Å². The summed E-state index contributed by atoms with van der Waals surface area (Å²) in [5, 5.41) is 16.0. The number of carbonyl (C=O) groups is 2. The Kier molecular flexibility index (Phi) is 7.96. The van der Waals surface area contributed by atoms with Gasteiger partial charge in [0, 0.05) is 17.1 Å². The van der Waals surface area contributed by atoms with Crippen LogP contribution in [0.25, 0.3) is 11.4 Å². The van der Waals surface area contributed by atoms with Crippen molar-refractivity contribution in [3.05, 3.63) is 75.2 Å². The van der Waals surface area contributed by atoms with Crippen LogP contribution in [0.3, 0.4) is 0 Å². The van der Waals surface area contributed by atoms with Crippen molar-refractivity contribution in [1.29, 1.82) is 0 Å². The van der Waals surface area contributed by atoms with Gasteiger partial charge in [0.2, 0.25) is 5.91 Å². The zero-order chi connectivity index (χ0) is 28.5. The largest absolute Gasteiger partial charge is 0.479 e. The number of carbonyl (C=O) groups excluding carboxylic acids is 1. The lowest BCUT2D eigenvalue weighted by atomic mass is 9.90. The van der Waals surface area contributed by atoms with Crippen LogP contribution in [0.5, 0.6) is 0 Å². The molecule has 1 heterocycles. The second-order valence-electron chi connectivity index (χ2n) is 8.34. The number of rotatable bonds is 8. The van der Waals surface area contributed by atoms with Gasteiger partial charge in [-0.3, -0.25) is 9.36 Å². The number of benzene rings is 2. The van der Waals surface area contributed by atoms with E-state index in [1.165, 1.54) is 24.3 Å². The lowest BCUT2D eigenvalue weighted by molar-refractivity contribution is -0.147. The van der Waals surface area contributed by atoms with Gasteiger partial charge >= 0.3 is 24.0 Å². The summed E-state index contributed by atoms with van der Waals surface area (Å²) >= 11 is 5.83. The van der Waals surface area contributed by atoms with Gasteiger partial charge < -0.3 is 10.4 Å². The first-order chi connectivity index (χ1) is 17.5. The van der Waals surface area contributed by atoms with E-state index in [1.807, 2.05) is 0 Å². The molecule has 0 fully saturated rings. The lowest BCUT2D eigenvalue weighted by Gasteiger charge is -2.27. The number of nitrogens with zero attached hydrogens (tertiary/aromatic N) is 3. The van der Waals surface area contributed by atoms with Gasteiger partial charge in [-0.2, -0.15) is 26.3 Å². The molecule has 1 aromatic heterocycles. The average molecular weight is 565 g/mol. The van der Waals surface area contributed by atoms with Crippen molar-refractivity contribution in [1.82, 2.24) is 19.7 Å². The van der Waals surface area contributed by atoms with Crippen LogP contribution in [0, 0.1) is 0 Å². The molecule has 0 saturated carbocycles. The first-order valence-electron chi connectivity index (χ1n) is 10.7. The molecule has 2 N–H and O–H groups in total. The summed E-state index contributed by atoms with van der Waals surface area (Å²) in [4.78, 5) is 37.6. The fraction of sp³-hybridized carbons (Fsp3) is 0.304. The van der Waals surface area contributed by atoms with Crippen molar-refractivity contribution in [2.24, 2.45) is 0 Å². The highest BCUT2D eigenvalue weighted by Crippen LogP contribution is 2.32. The van der Waals surface area contributed by atoms with Crippen LogP contribution < -0.4 is 11.0 Å². The molecule has 0 saturated heterocycles. The van der Waals surface area contributed by atoms with Gasteiger partial charge in [0.05, 0.1) is 12.0 Å². The highest BCUT2D eigenvalue weighted by molar-refractivity contribution is 6.30. The molecule has 0 spiro atoms. The van der Waals surface area contributed by atoms with Crippen LogP contribution in [0.2, 0.25) is 5.02 Å². The van der Waals surface area contributed by atoms with E-state index in [0.717, 1.165) is 25.1 Å². The van der Waals surface area contributed by atoms with Crippen LogP contribution in [-0.2, 0) is 34.4 Å². The summed E-state index contributed by atoms with van der Waals surface area (Å²) in [7, 11) is 0. The maximum Gasteiger partial charge on any atom is 0.416 e. The van der Waals surface area contributed by atoms with Gasteiger partial charge in [-0.25, -0.2) is 14.3 Å². The Labute approximate surface area is 215 Å². The summed E-state index contributed by atoms with van der Waals surface area (Å²) in [5.41, 5.74) is -4.78. The minimum absolute atomic E-state index is 0.206. The number of halogens is 7. The Morgan fingerprint density at radius 1 is 1.03 bits per heavy atom. The number of amides is 1. The Bertz CT molecular complexity index is 1400. The van der Waals surface area contributed by atoms with Crippen LogP contribution in [0.15, 0.2) is 53.3 Å².